The van der Waals surface area contributed by atoms with Crippen LogP contribution >= 0.6 is 23.1 Å². The van der Waals surface area contributed by atoms with Gasteiger partial charge in [0.15, 0.2) is 0 Å². The maximum atomic E-state index is 11.3. The van der Waals surface area contributed by atoms with Gasteiger partial charge in [0.05, 0.1) is 12.2 Å². The van der Waals surface area contributed by atoms with Crippen molar-refractivity contribution in [3.63, 3.8) is 0 Å². The van der Waals surface area contributed by atoms with Gasteiger partial charge in [-0.05, 0) is 12.7 Å². The lowest BCUT2D eigenvalue weighted by atomic mass is 10.3. The molecule has 72 valence electrons. The van der Waals surface area contributed by atoms with Gasteiger partial charge in [0.25, 0.3) is 0 Å². The molecule has 13 heavy (non-hydrogen) atoms. The van der Waals surface area contributed by atoms with E-state index in [1.165, 1.54) is 0 Å². The van der Waals surface area contributed by atoms with Gasteiger partial charge in [-0.1, -0.05) is 6.92 Å². The Hall–Kier alpha value is -0.350. The molecule has 0 aromatic carbocycles. The Bertz CT molecular complexity index is 283. The lowest BCUT2D eigenvalue weighted by Gasteiger charge is -1.95. The predicted molar refractivity (Wildman–Crippen MR) is 58.6 cm³/mol. The molecule has 0 aliphatic rings. The average Bonchev–Trinajstić information content (AvgIpc) is 2.48. The fraction of sp³-hybridized carbons (Fsp3) is 0.556. The SMILES string of the molecule is CCSCC(=O)Cc1nc(C)cs1. The predicted octanol–water partition coefficient (Wildman–Crippen LogP) is 2.32. The van der Waals surface area contributed by atoms with Gasteiger partial charge in [-0.3, -0.25) is 4.79 Å². The third-order valence-electron chi connectivity index (χ3n) is 1.48. The van der Waals surface area contributed by atoms with E-state index < -0.39 is 0 Å². The Morgan fingerprint density at radius 3 is 3.00 bits per heavy atom. The van der Waals surface area contributed by atoms with Crippen LogP contribution in [-0.4, -0.2) is 22.3 Å². The maximum Gasteiger partial charge on any atom is 0.149 e. The average molecular weight is 215 g/mol. The molecular formula is C9H13NOS2. The normalized spacial score (nSPS) is 10.3. The number of carbonyl (C=O) groups excluding carboxylic acids is 1. The van der Waals surface area contributed by atoms with Crippen molar-refractivity contribution in [1.29, 1.82) is 0 Å². The van der Waals surface area contributed by atoms with Crippen molar-refractivity contribution >= 4 is 28.9 Å². The molecule has 2 nitrogen and oxygen atoms in total. The van der Waals surface area contributed by atoms with Gasteiger partial charge in [-0.2, -0.15) is 11.8 Å². The molecule has 0 unspecified atom stereocenters. The van der Waals surface area contributed by atoms with Crippen molar-refractivity contribution in [2.75, 3.05) is 11.5 Å². The van der Waals surface area contributed by atoms with Crippen molar-refractivity contribution in [2.45, 2.75) is 20.3 Å². The summed E-state index contributed by atoms with van der Waals surface area (Å²) in [5.74, 6) is 1.90. The maximum absolute atomic E-state index is 11.3. The van der Waals surface area contributed by atoms with Gasteiger partial charge in [-0.25, -0.2) is 4.98 Å². The van der Waals surface area contributed by atoms with Crippen molar-refractivity contribution in [1.82, 2.24) is 4.98 Å². The molecule has 1 aromatic heterocycles. The van der Waals surface area contributed by atoms with E-state index in [1.54, 1.807) is 23.1 Å². The van der Waals surface area contributed by atoms with E-state index in [9.17, 15) is 4.79 Å². The molecule has 0 amide bonds. The molecule has 0 fully saturated rings. The van der Waals surface area contributed by atoms with Gasteiger partial charge in [0.1, 0.15) is 10.8 Å². The minimum Gasteiger partial charge on any atom is -0.298 e. The van der Waals surface area contributed by atoms with Crippen molar-refractivity contribution in [3.8, 4) is 0 Å². The number of rotatable bonds is 5. The molecule has 0 saturated carbocycles. The fourth-order valence-corrected chi connectivity index (χ4v) is 2.25. The number of carbonyl (C=O) groups is 1. The topological polar surface area (TPSA) is 30.0 Å². The van der Waals surface area contributed by atoms with E-state index in [2.05, 4.69) is 11.9 Å². The summed E-state index contributed by atoms with van der Waals surface area (Å²) in [5, 5.41) is 2.93. The zero-order chi connectivity index (χ0) is 9.68. The summed E-state index contributed by atoms with van der Waals surface area (Å²) in [6, 6.07) is 0. The van der Waals surface area contributed by atoms with Crippen LogP contribution < -0.4 is 0 Å². The summed E-state index contributed by atoms with van der Waals surface area (Å²) in [6.07, 6.45) is 0.505. The quantitative estimate of drug-likeness (QED) is 0.755. The van der Waals surface area contributed by atoms with E-state index in [1.807, 2.05) is 12.3 Å². The molecule has 0 atom stereocenters. The molecule has 4 heteroatoms. The Kier molecular flexibility index (Phi) is 4.45. The van der Waals surface area contributed by atoms with Crippen LogP contribution in [0.1, 0.15) is 17.6 Å². The molecule has 1 heterocycles. The van der Waals surface area contributed by atoms with E-state index >= 15 is 0 Å². The Morgan fingerprint density at radius 2 is 2.46 bits per heavy atom. The van der Waals surface area contributed by atoms with Crippen LogP contribution in [-0.2, 0) is 11.2 Å². The first kappa shape index (κ1) is 10.7. The molecular weight excluding hydrogens is 202 g/mol. The van der Waals surface area contributed by atoms with E-state index in [0.717, 1.165) is 16.5 Å². The second-order valence-corrected chi connectivity index (χ2v) is 4.95. The number of ketones is 1. The van der Waals surface area contributed by atoms with E-state index in [4.69, 9.17) is 0 Å². The van der Waals surface area contributed by atoms with Crippen LogP contribution in [0.3, 0.4) is 0 Å². The Morgan fingerprint density at radius 1 is 1.69 bits per heavy atom. The summed E-state index contributed by atoms with van der Waals surface area (Å²) in [5.41, 5.74) is 1.01. The molecule has 0 N–H and O–H groups in total. The van der Waals surface area contributed by atoms with Crippen LogP contribution in [0.2, 0.25) is 0 Å². The molecule has 0 aliphatic carbocycles. The highest BCUT2D eigenvalue weighted by Gasteiger charge is 2.05. The monoisotopic (exact) mass is 215 g/mol. The number of thioether (sulfide) groups is 1. The van der Waals surface area contributed by atoms with Gasteiger partial charge in [0.2, 0.25) is 0 Å². The summed E-state index contributed by atoms with van der Waals surface area (Å²) in [6.45, 7) is 4.01. The zero-order valence-corrected chi connectivity index (χ0v) is 9.50. The summed E-state index contributed by atoms with van der Waals surface area (Å²) in [7, 11) is 0. The number of nitrogens with zero attached hydrogens (tertiary/aromatic N) is 1. The number of aromatic nitrogens is 1. The molecule has 0 aliphatic heterocycles. The highest BCUT2D eigenvalue weighted by molar-refractivity contribution is 7.99. The number of thiazole rings is 1. The second-order valence-electron chi connectivity index (χ2n) is 2.74. The minimum absolute atomic E-state index is 0.279. The van der Waals surface area contributed by atoms with Crippen LogP contribution in [0.15, 0.2) is 5.38 Å². The molecule has 0 spiro atoms. The largest absolute Gasteiger partial charge is 0.298 e. The number of aryl methyl sites for hydroxylation is 1. The molecule has 1 rings (SSSR count). The van der Waals surface area contributed by atoms with Gasteiger partial charge >= 0.3 is 0 Å². The first-order chi connectivity index (χ1) is 6.22. The lowest BCUT2D eigenvalue weighted by Crippen LogP contribution is -2.05. The smallest absolute Gasteiger partial charge is 0.149 e. The lowest BCUT2D eigenvalue weighted by molar-refractivity contribution is -0.116. The van der Waals surface area contributed by atoms with Crippen molar-refractivity contribution < 1.29 is 4.79 Å². The van der Waals surface area contributed by atoms with E-state index in [-0.39, 0.29) is 5.78 Å². The van der Waals surface area contributed by atoms with Crippen molar-refractivity contribution in [3.05, 3.63) is 16.1 Å². The first-order valence-corrected chi connectivity index (χ1v) is 6.26. The van der Waals surface area contributed by atoms with Crippen LogP contribution in [0.25, 0.3) is 0 Å². The Balaban J connectivity index is 2.36. The van der Waals surface area contributed by atoms with Gasteiger partial charge in [-0.15, -0.1) is 11.3 Å². The second kappa shape index (κ2) is 5.40. The molecule has 1 aromatic rings. The third kappa shape index (κ3) is 3.91. The number of hydrogen-bond acceptors (Lipinski definition) is 4. The summed E-state index contributed by atoms with van der Waals surface area (Å²) < 4.78 is 0. The summed E-state index contributed by atoms with van der Waals surface area (Å²) in [4.78, 5) is 15.6. The van der Waals surface area contributed by atoms with Crippen LogP contribution in [0.5, 0.6) is 0 Å². The van der Waals surface area contributed by atoms with E-state index in [0.29, 0.717) is 12.2 Å². The fourth-order valence-electron chi connectivity index (χ4n) is 0.919. The zero-order valence-electron chi connectivity index (χ0n) is 7.87. The third-order valence-corrected chi connectivity index (χ3v) is 3.38. The first-order valence-electron chi connectivity index (χ1n) is 4.22. The molecule has 0 saturated heterocycles. The molecule has 0 bridgehead atoms. The molecule has 0 radical (unpaired) electrons. The minimum atomic E-state index is 0.279. The Labute approximate surface area is 86.8 Å². The highest BCUT2D eigenvalue weighted by Crippen LogP contribution is 2.10. The standard InChI is InChI=1S/C9H13NOS2/c1-3-12-6-8(11)4-9-10-7(2)5-13-9/h5H,3-4,6H2,1-2H3. The van der Waals surface area contributed by atoms with Gasteiger partial charge < -0.3 is 0 Å². The van der Waals surface area contributed by atoms with Crippen molar-refractivity contribution in [2.24, 2.45) is 0 Å². The number of hydrogen-bond donors (Lipinski definition) is 0. The summed E-state index contributed by atoms with van der Waals surface area (Å²) >= 11 is 3.24. The van der Waals surface area contributed by atoms with Gasteiger partial charge in [0, 0.05) is 11.1 Å². The van der Waals surface area contributed by atoms with Crippen LogP contribution in [0.4, 0.5) is 0 Å². The van der Waals surface area contributed by atoms with Crippen LogP contribution in [0, 0.1) is 6.92 Å². The highest BCUT2D eigenvalue weighted by atomic mass is 32.2. The number of Topliss-reactive ketones (excluding diaryl/α,β-unsaturated/α-hetero) is 1.